The first kappa shape index (κ1) is 20.3. The zero-order valence-electron chi connectivity index (χ0n) is 17.2. The Kier molecular flexibility index (Phi) is 4.58. The lowest BCUT2D eigenvalue weighted by Crippen LogP contribution is -2.26. The van der Waals surface area contributed by atoms with Gasteiger partial charge in [-0.25, -0.2) is 0 Å². The number of hydrogen-bond acceptors (Lipinski definition) is 5. The van der Waals surface area contributed by atoms with Gasteiger partial charge in [-0.15, -0.1) is 8.78 Å². The summed E-state index contributed by atoms with van der Waals surface area (Å²) in [6, 6.07) is 17.2. The summed E-state index contributed by atoms with van der Waals surface area (Å²) in [5.41, 5.74) is 2.60. The second-order valence-corrected chi connectivity index (χ2v) is 8.16. The summed E-state index contributed by atoms with van der Waals surface area (Å²) in [5.74, 6) is -0.151. The van der Waals surface area contributed by atoms with Crippen LogP contribution in [0.25, 0.3) is 11.3 Å². The Balaban J connectivity index is 1.38. The molecule has 2 aromatic carbocycles. The number of carbonyl (C=O) groups excluding carboxylic acids is 2. The molecule has 1 saturated carbocycles. The van der Waals surface area contributed by atoms with Crippen LogP contribution in [0, 0.1) is 0 Å². The van der Waals surface area contributed by atoms with Crippen molar-refractivity contribution in [3.05, 3.63) is 77.5 Å². The highest BCUT2D eigenvalue weighted by Gasteiger charge is 2.52. The summed E-state index contributed by atoms with van der Waals surface area (Å²) >= 11 is 0. The Hall–Kier alpha value is -3.61. The first-order valence-corrected chi connectivity index (χ1v) is 10.3. The molecule has 0 saturated heterocycles. The predicted octanol–water partition coefficient (Wildman–Crippen LogP) is 5.12. The Labute approximate surface area is 183 Å². The van der Waals surface area contributed by atoms with Crippen LogP contribution >= 0.6 is 0 Å². The molecule has 1 aliphatic heterocycles. The van der Waals surface area contributed by atoms with Crippen molar-refractivity contribution >= 4 is 11.6 Å². The van der Waals surface area contributed by atoms with Gasteiger partial charge in [-0.3, -0.25) is 14.6 Å². The zero-order valence-corrected chi connectivity index (χ0v) is 17.2. The zero-order chi connectivity index (χ0) is 22.5. The lowest BCUT2D eigenvalue weighted by Gasteiger charge is -2.15. The van der Waals surface area contributed by atoms with Gasteiger partial charge in [0.2, 0.25) is 0 Å². The molecule has 0 spiro atoms. The number of ketones is 2. The molecule has 0 unspecified atom stereocenters. The molecule has 0 amide bonds. The van der Waals surface area contributed by atoms with Crippen molar-refractivity contribution in [3.63, 3.8) is 0 Å². The maximum absolute atomic E-state index is 13.3. The number of halogens is 2. The molecule has 162 valence electrons. The summed E-state index contributed by atoms with van der Waals surface area (Å²) in [6.07, 6.45) is -2.29. The average Bonchev–Trinajstić information content (AvgIpc) is 3.51. The minimum Gasteiger partial charge on any atom is -0.395 e. The lowest BCUT2D eigenvalue weighted by molar-refractivity contribution is -0.286. The first-order chi connectivity index (χ1) is 15.3. The molecule has 1 fully saturated rings. The summed E-state index contributed by atoms with van der Waals surface area (Å²) in [6.45, 7) is 1.51. The highest BCUT2D eigenvalue weighted by atomic mass is 19.3. The van der Waals surface area contributed by atoms with E-state index in [1.54, 1.807) is 30.3 Å². The average molecular weight is 435 g/mol. The van der Waals surface area contributed by atoms with E-state index in [0.717, 1.165) is 5.56 Å². The fourth-order valence-corrected chi connectivity index (χ4v) is 4.07. The van der Waals surface area contributed by atoms with E-state index in [1.165, 1.54) is 19.1 Å². The fourth-order valence-electron chi connectivity index (χ4n) is 4.07. The van der Waals surface area contributed by atoms with Crippen molar-refractivity contribution in [2.24, 2.45) is 0 Å². The van der Waals surface area contributed by atoms with Gasteiger partial charge in [0.15, 0.2) is 17.3 Å². The maximum atomic E-state index is 13.3. The van der Waals surface area contributed by atoms with E-state index in [0.29, 0.717) is 35.4 Å². The molecule has 0 N–H and O–H groups in total. The molecule has 7 heteroatoms. The molecular weight excluding hydrogens is 416 g/mol. The number of pyridine rings is 1. The van der Waals surface area contributed by atoms with Crippen LogP contribution in [-0.2, 0) is 16.6 Å². The Bertz CT molecular complexity index is 1250. The van der Waals surface area contributed by atoms with Crippen LogP contribution in [-0.4, -0.2) is 22.8 Å². The van der Waals surface area contributed by atoms with Gasteiger partial charge in [-0.2, -0.15) is 0 Å². The van der Waals surface area contributed by atoms with E-state index >= 15 is 0 Å². The third-order valence-electron chi connectivity index (χ3n) is 5.95. The number of carbonyl (C=O) groups is 2. The molecule has 32 heavy (non-hydrogen) atoms. The van der Waals surface area contributed by atoms with Gasteiger partial charge >= 0.3 is 6.29 Å². The maximum Gasteiger partial charge on any atom is 0.586 e. The van der Waals surface area contributed by atoms with E-state index in [9.17, 15) is 18.4 Å². The van der Waals surface area contributed by atoms with Crippen molar-refractivity contribution in [3.8, 4) is 22.8 Å². The van der Waals surface area contributed by atoms with E-state index in [2.05, 4.69) is 14.5 Å². The van der Waals surface area contributed by atoms with Crippen LogP contribution in [0.2, 0.25) is 0 Å². The van der Waals surface area contributed by atoms with Gasteiger partial charge in [0.1, 0.15) is 5.78 Å². The predicted molar refractivity (Wildman–Crippen MR) is 112 cm³/mol. The van der Waals surface area contributed by atoms with E-state index in [1.807, 2.05) is 18.2 Å². The van der Waals surface area contributed by atoms with Crippen molar-refractivity contribution in [2.45, 2.75) is 37.9 Å². The molecule has 2 heterocycles. The Morgan fingerprint density at radius 3 is 2.47 bits per heavy atom. The molecule has 0 atom stereocenters. The first-order valence-electron chi connectivity index (χ1n) is 10.3. The van der Waals surface area contributed by atoms with Crippen LogP contribution in [0.15, 0.2) is 60.7 Å². The Morgan fingerprint density at radius 2 is 1.72 bits per heavy atom. The van der Waals surface area contributed by atoms with Gasteiger partial charge in [-0.1, -0.05) is 30.3 Å². The summed E-state index contributed by atoms with van der Waals surface area (Å²) in [5, 5.41) is 0. The largest absolute Gasteiger partial charge is 0.586 e. The van der Waals surface area contributed by atoms with E-state index < -0.39 is 11.7 Å². The molecule has 1 aromatic heterocycles. The number of ether oxygens (including phenoxy) is 2. The van der Waals surface area contributed by atoms with Crippen LogP contribution in [0.1, 0.15) is 41.4 Å². The van der Waals surface area contributed by atoms with Gasteiger partial charge in [0, 0.05) is 23.2 Å². The number of Topliss-reactive ketones (excluding diaryl/α,β-unsaturated/α-hetero) is 2. The monoisotopic (exact) mass is 435 g/mol. The topological polar surface area (TPSA) is 65.5 Å². The number of benzene rings is 2. The Morgan fingerprint density at radius 1 is 0.969 bits per heavy atom. The highest BCUT2D eigenvalue weighted by Crippen LogP contribution is 2.52. The molecule has 5 rings (SSSR count). The number of rotatable bonds is 6. The smallest absolute Gasteiger partial charge is 0.395 e. The SMILES string of the molecule is CC(=O)c1cccc(-c2cccc(CC(=O)C3(c4ccc5c(c4)OC(F)(F)O5)CC3)n2)c1. The fraction of sp³-hybridized carbons (Fsp3) is 0.240. The minimum absolute atomic E-state index is 0.0229. The number of hydrogen-bond donors (Lipinski definition) is 0. The van der Waals surface area contributed by atoms with E-state index in [-0.39, 0.29) is 29.5 Å². The molecule has 1 aliphatic carbocycles. The summed E-state index contributed by atoms with van der Waals surface area (Å²) in [7, 11) is 0. The number of fused-ring (bicyclic) bond motifs is 1. The number of alkyl halides is 2. The van der Waals surface area contributed by atoms with Crippen molar-refractivity contribution in [1.82, 2.24) is 4.98 Å². The van der Waals surface area contributed by atoms with Gasteiger partial charge < -0.3 is 9.47 Å². The molecule has 5 nitrogen and oxygen atoms in total. The molecular formula is C25H19F2NO4. The summed E-state index contributed by atoms with van der Waals surface area (Å²) < 4.78 is 35.7. The van der Waals surface area contributed by atoms with Crippen LogP contribution < -0.4 is 9.47 Å². The number of aromatic nitrogens is 1. The minimum atomic E-state index is -3.69. The second kappa shape index (κ2) is 7.22. The van der Waals surface area contributed by atoms with Crippen LogP contribution in [0.3, 0.4) is 0 Å². The van der Waals surface area contributed by atoms with Crippen molar-refractivity contribution in [1.29, 1.82) is 0 Å². The quantitative estimate of drug-likeness (QED) is 0.503. The van der Waals surface area contributed by atoms with Crippen molar-refractivity contribution < 1.29 is 27.8 Å². The number of nitrogens with zero attached hydrogens (tertiary/aromatic N) is 1. The molecule has 0 radical (unpaired) electrons. The highest BCUT2D eigenvalue weighted by molar-refractivity contribution is 5.95. The molecule has 3 aromatic rings. The third-order valence-corrected chi connectivity index (χ3v) is 5.95. The van der Waals surface area contributed by atoms with Gasteiger partial charge in [0.05, 0.1) is 11.1 Å². The third kappa shape index (κ3) is 3.64. The molecule has 0 bridgehead atoms. The van der Waals surface area contributed by atoms with Crippen LogP contribution in [0.5, 0.6) is 11.5 Å². The van der Waals surface area contributed by atoms with Gasteiger partial charge in [0.25, 0.3) is 0 Å². The standard InChI is InChI=1S/C25H19F2NO4/c1-15(29)16-4-2-5-17(12-16)20-7-3-6-19(28-20)14-23(30)24(10-11-24)18-8-9-21-22(13-18)32-25(26,27)31-21/h2-9,12-13H,10-11,14H2,1H3. The normalized spacial score (nSPS) is 17.1. The second-order valence-electron chi connectivity index (χ2n) is 8.16. The van der Waals surface area contributed by atoms with E-state index in [4.69, 9.17) is 0 Å². The molecule has 2 aliphatic rings. The van der Waals surface area contributed by atoms with Crippen molar-refractivity contribution in [2.75, 3.05) is 0 Å². The summed E-state index contributed by atoms with van der Waals surface area (Å²) in [4.78, 5) is 29.5. The van der Waals surface area contributed by atoms with Gasteiger partial charge in [-0.05, 0) is 55.7 Å². The van der Waals surface area contributed by atoms with Crippen LogP contribution in [0.4, 0.5) is 8.78 Å². The lowest BCUT2D eigenvalue weighted by atomic mass is 9.88.